The van der Waals surface area contributed by atoms with Crippen LogP contribution in [0.5, 0.6) is 0 Å². The number of urea groups is 1. The number of ether oxygens (including phenoxy) is 1. The summed E-state index contributed by atoms with van der Waals surface area (Å²) in [5, 5.41) is 5.87. The van der Waals surface area contributed by atoms with Crippen molar-refractivity contribution in [2.24, 2.45) is 0 Å². The second-order valence-electron chi connectivity index (χ2n) is 5.40. The molecule has 7 nitrogen and oxygen atoms in total. The third-order valence-corrected chi connectivity index (χ3v) is 3.86. The summed E-state index contributed by atoms with van der Waals surface area (Å²) in [5.41, 5.74) is 0.883. The molecule has 0 unspecified atom stereocenters. The summed E-state index contributed by atoms with van der Waals surface area (Å²) in [6.07, 6.45) is 0. The van der Waals surface area contributed by atoms with Crippen molar-refractivity contribution in [2.45, 2.75) is 0 Å². The third-order valence-electron chi connectivity index (χ3n) is 3.61. The molecule has 8 heteroatoms. The molecule has 1 aliphatic rings. The van der Waals surface area contributed by atoms with Gasteiger partial charge in [-0.2, -0.15) is 0 Å². The van der Waals surface area contributed by atoms with Crippen molar-refractivity contribution in [2.75, 3.05) is 36.9 Å². The Morgan fingerprint density at radius 3 is 2.48 bits per heavy atom. The van der Waals surface area contributed by atoms with Gasteiger partial charge < -0.3 is 15.0 Å². The van der Waals surface area contributed by atoms with E-state index >= 15 is 0 Å². The van der Waals surface area contributed by atoms with Gasteiger partial charge in [-0.25, -0.2) is 9.78 Å². The van der Waals surface area contributed by atoms with E-state index in [0.29, 0.717) is 42.8 Å². The van der Waals surface area contributed by atoms with E-state index in [1.54, 1.807) is 47.4 Å². The van der Waals surface area contributed by atoms with Gasteiger partial charge in [0.15, 0.2) is 0 Å². The molecule has 0 bridgehead atoms. The SMILES string of the molecule is O=C(Nc1ccc(Cl)cc1)Nc1cccc(C(=O)N2CCOCC2)n1. The molecule has 25 heavy (non-hydrogen) atoms. The second-order valence-corrected chi connectivity index (χ2v) is 5.84. The Bertz CT molecular complexity index is 761. The Morgan fingerprint density at radius 1 is 1.04 bits per heavy atom. The predicted octanol–water partition coefficient (Wildman–Crippen LogP) is 2.85. The van der Waals surface area contributed by atoms with Gasteiger partial charge in [0.25, 0.3) is 5.91 Å². The van der Waals surface area contributed by atoms with E-state index in [9.17, 15) is 9.59 Å². The molecule has 3 rings (SSSR count). The number of carbonyl (C=O) groups excluding carboxylic acids is 2. The molecule has 130 valence electrons. The van der Waals surface area contributed by atoms with Crippen LogP contribution in [0, 0.1) is 0 Å². The molecule has 0 aliphatic carbocycles. The summed E-state index contributed by atoms with van der Waals surface area (Å²) in [5.74, 6) is 0.121. The number of nitrogens with zero attached hydrogens (tertiary/aromatic N) is 2. The van der Waals surface area contributed by atoms with Crippen LogP contribution in [0.1, 0.15) is 10.5 Å². The Labute approximate surface area is 149 Å². The van der Waals surface area contributed by atoms with Gasteiger partial charge in [0.05, 0.1) is 13.2 Å². The number of halogens is 1. The molecule has 1 fully saturated rings. The quantitative estimate of drug-likeness (QED) is 0.881. The van der Waals surface area contributed by atoms with Crippen LogP contribution >= 0.6 is 11.6 Å². The summed E-state index contributed by atoms with van der Waals surface area (Å²) in [6.45, 7) is 2.12. The van der Waals surface area contributed by atoms with Crippen LogP contribution < -0.4 is 10.6 Å². The van der Waals surface area contributed by atoms with Gasteiger partial charge in [0, 0.05) is 23.8 Å². The van der Waals surface area contributed by atoms with Crippen LogP contribution in [-0.4, -0.2) is 48.1 Å². The zero-order valence-corrected chi connectivity index (χ0v) is 14.1. The predicted molar refractivity (Wildman–Crippen MR) is 95.1 cm³/mol. The second kappa shape index (κ2) is 7.96. The van der Waals surface area contributed by atoms with E-state index in [0.717, 1.165) is 0 Å². The summed E-state index contributed by atoms with van der Waals surface area (Å²) in [4.78, 5) is 30.4. The lowest BCUT2D eigenvalue weighted by atomic mass is 10.3. The van der Waals surface area contributed by atoms with Crippen molar-refractivity contribution in [1.29, 1.82) is 0 Å². The Balaban J connectivity index is 1.63. The highest BCUT2D eigenvalue weighted by atomic mass is 35.5. The van der Waals surface area contributed by atoms with Crippen LogP contribution in [-0.2, 0) is 4.74 Å². The average Bonchev–Trinajstić information content (AvgIpc) is 2.64. The number of carbonyl (C=O) groups is 2. The minimum atomic E-state index is -0.453. The van der Waals surface area contributed by atoms with E-state index in [4.69, 9.17) is 16.3 Å². The highest BCUT2D eigenvalue weighted by Gasteiger charge is 2.20. The maximum atomic E-state index is 12.4. The van der Waals surface area contributed by atoms with Crippen LogP contribution in [0.25, 0.3) is 0 Å². The number of anilines is 2. The normalized spacial score (nSPS) is 14.0. The summed E-state index contributed by atoms with van der Waals surface area (Å²) >= 11 is 5.81. The number of rotatable bonds is 3. The summed E-state index contributed by atoms with van der Waals surface area (Å²) < 4.78 is 5.24. The average molecular weight is 361 g/mol. The molecule has 1 aromatic heterocycles. The van der Waals surface area contributed by atoms with Gasteiger partial charge in [-0.3, -0.25) is 10.1 Å². The molecule has 0 spiro atoms. The minimum Gasteiger partial charge on any atom is -0.378 e. The van der Waals surface area contributed by atoms with Crippen molar-refractivity contribution in [3.63, 3.8) is 0 Å². The standard InChI is InChI=1S/C17H17ClN4O3/c18-12-4-6-13(7-5-12)19-17(24)21-15-3-1-2-14(20-15)16(23)22-8-10-25-11-9-22/h1-7H,8-11H2,(H2,19,20,21,24). The van der Waals surface area contributed by atoms with Crippen LogP contribution in [0.15, 0.2) is 42.5 Å². The number of pyridine rings is 1. The zero-order chi connectivity index (χ0) is 17.6. The van der Waals surface area contributed by atoms with Crippen molar-refractivity contribution >= 4 is 35.0 Å². The lowest BCUT2D eigenvalue weighted by Crippen LogP contribution is -2.41. The number of hydrogen-bond acceptors (Lipinski definition) is 4. The number of amides is 3. The topological polar surface area (TPSA) is 83.6 Å². The van der Waals surface area contributed by atoms with Crippen LogP contribution in [0.2, 0.25) is 5.02 Å². The Hall–Kier alpha value is -2.64. The molecular formula is C17H17ClN4O3. The highest BCUT2D eigenvalue weighted by molar-refractivity contribution is 6.30. The first-order valence-corrected chi connectivity index (χ1v) is 8.17. The number of nitrogens with one attached hydrogen (secondary N) is 2. The number of benzene rings is 1. The van der Waals surface area contributed by atoms with Crippen molar-refractivity contribution in [3.05, 3.63) is 53.2 Å². The maximum Gasteiger partial charge on any atom is 0.324 e. The first-order valence-electron chi connectivity index (χ1n) is 7.79. The monoisotopic (exact) mass is 360 g/mol. The van der Waals surface area contributed by atoms with Crippen LogP contribution in [0.3, 0.4) is 0 Å². The Morgan fingerprint density at radius 2 is 1.76 bits per heavy atom. The fourth-order valence-electron chi connectivity index (χ4n) is 2.36. The summed E-state index contributed by atoms with van der Waals surface area (Å²) in [7, 11) is 0. The van der Waals surface area contributed by atoms with E-state index in [2.05, 4.69) is 15.6 Å². The first kappa shape index (κ1) is 17.2. The molecule has 0 radical (unpaired) electrons. The van der Waals surface area contributed by atoms with E-state index in [-0.39, 0.29) is 11.6 Å². The number of morpholine rings is 1. The number of aromatic nitrogens is 1. The van der Waals surface area contributed by atoms with Gasteiger partial charge in [-0.1, -0.05) is 17.7 Å². The van der Waals surface area contributed by atoms with Gasteiger partial charge in [0.2, 0.25) is 0 Å². The Kier molecular flexibility index (Phi) is 5.47. The van der Waals surface area contributed by atoms with Crippen molar-refractivity contribution in [1.82, 2.24) is 9.88 Å². The van der Waals surface area contributed by atoms with E-state index < -0.39 is 6.03 Å². The molecule has 1 aliphatic heterocycles. The lowest BCUT2D eigenvalue weighted by molar-refractivity contribution is 0.0299. The molecule has 3 amide bonds. The van der Waals surface area contributed by atoms with Gasteiger partial charge in [-0.15, -0.1) is 0 Å². The molecular weight excluding hydrogens is 344 g/mol. The molecule has 0 saturated carbocycles. The minimum absolute atomic E-state index is 0.176. The fraction of sp³-hybridized carbons (Fsp3) is 0.235. The summed E-state index contributed by atoms with van der Waals surface area (Å²) in [6, 6.07) is 11.2. The van der Waals surface area contributed by atoms with Crippen molar-refractivity contribution < 1.29 is 14.3 Å². The fourth-order valence-corrected chi connectivity index (χ4v) is 2.49. The number of hydrogen-bond donors (Lipinski definition) is 2. The largest absolute Gasteiger partial charge is 0.378 e. The van der Waals surface area contributed by atoms with E-state index in [1.165, 1.54) is 0 Å². The first-order chi connectivity index (χ1) is 12.1. The van der Waals surface area contributed by atoms with Crippen molar-refractivity contribution in [3.8, 4) is 0 Å². The van der Waals surface area contributed by atoms with Crippen LogP contribution in [0.4, 0.5) is 16.3 Å². The lowest BCUT2D eigenvalue weighted by Gasteiger charge is -2.26. The van der Waals surface area contributed by atoms with Gasteiger partial charge in [-0.05, 0) is 36.4 Å². The van der Waals surface area contributed by atoms with E-state index in [1.807, 2.05) is 0 Å². The molecule has 1 aromatic carbocycles. The zero-order valence-electron chi connectivity index (χ0n) is 13.4. The van der Waals surface area contributed by atoms with Gasteiger partial charge >= 0.3 is 6.03 Å². The molecule has 2 heterocycles. The molecule has 2 N–H and O–H groups in total. The molecule has 2 aromatic rings. The molecule has 0 atom stereocenters. The smallest absolute Gasteiger partial charge is 0.324 e. The highest BCUT2D eigenvalue weighted by Crippen LogP contribution is 2.14. The third kappa shape index (κ3) is 4.68. The molecule has 1 saturated heterocycles. The maximum absolute atomic E-state index is 12.4. The van der Waals surface area contributed by atoms with Gasteiger partial charge in [0.1, 0.15) is 11.5 Å².